The normalized spacial score (nSPS) is 21.7. The van der Waals surface area contributed by atoms with Gasteiger partial charge in [-0.15, -0.1) is 0 Å². The molecule has 332 valence electrons. The Labute approximate surface area is 352 Å². The summed E-state index contributed by atoms with van der Waals surface area (Å²) in [5.41, 5.74) is 0. The van der Waals surface area contributed by atoms with Gasteiger partial charge in [-0.2, -0.15) is 0 Å². The van der Waals surface area contributed by atoms with Gasteiger partial charge in [0.2, 0.25) is 5.91 Å². The van der Waals surface area contributed by atoms with Crippen molar-refractivity contribution in [3.8, 4) is 0 Å². The standard InChI is InChI=1S/C49H83NO8/c1-3-5-7-9-11-12-13-14-15-16-17-18-19-20-21-22-23-24-25-26-27-28-29-30-31-32-33-35-37-39-45(53)50-42(43(52)38-36-34-10-8-6-4-2)41-57-49-48(56)47(55)46(54)44(40-51)58-49/h5,7,11-12,14-15,17-18,20-21,23-24,36,38,42-44,46-49,51-52,54-56H,3-4,6,8-10,13,16,19,22,25-35,37,39-41H2,1-2H3,(H,50,53)/b7-5-,12-11-,15-14-,18-17-,21-20-,24-23-,38-36+. The topological polar surface area (TPSA) is 149 Å². The van der Waals surface area contributed by atoms with Crippen LogP contribution in [0.25, 0.3) is 0 Å². The number of allylic oxidation sites excluding steroid dienone is 13. The zero-order valence-corrected chi connectivity index (χ0v) is 36.3. The quantitative estimate of drug-likeness (QED) is 0.0271. The molecule has 1 aliphatic heterocycles. The van der Waals surface area contributed by atoms with E-state index in [-0.39, 0.29) is 12.5 Å². The van der Waals surface area contributed by atoms with Gasteiger partial charge in [-0.25, -0.2) is 0 Å². The molecule has 0 aliphatic carbocycles. The first-order valence-corrected chi connectivity index (χ1v) is 22.8. The number of aliphatic hydroxyl groups is 5. The van der Waals surface area contributed by atoms with Crippen molar-refractivity contribution in [2.45, 2.75) is 204 Å². The summed E-state index contributed by atoms with van der Waals surface area (Å²) in [6.07, 6.45) is 46.7. The maximum atomic E-state index is 12.9. The average Bonchev–Trinajstić information content (AvgIpc) is 3.22. The molecule has 0 aromatic carbocycles. The molecular formula is C49H83NO8. The highest BCUT2D eigenvalue weighted by molar-refractivity contribution is 5.76. The molecule has 1 aliphatic rings. The van der Waals surface area contributed by atoms with Crippen LogP contribution in [0, 0.1) is 0 Å². The molecule has 1 heterocycles. The monoisotopic (exact) mass is 814 g/mol. The van der Waals surface area contributed by atoms with Gasteiger partial charge >= 0.3 is 0 Å². The van der Waals surface area contributed by atoms with Gasteiger partial charge in [-0.05, 0) is 70.6 Å². The Bertz CT molecular complexity index is 1180. The maximum Gasteiger partial charge on any atom is 0.220 e. The summed E-state index contributed by atoms with van der Waals surface area (Å²) in [5, 5.41) is 53.8. The maximum absolute atomic E-state index is 12.9. The molecule has 0 aromatic heterocycles. The first-order chi connectivity index (χ1) is 28.3. The Morgan fingerprint density at radius 2 is 1.07 bits per heavy atom. The molecule has 1 fully saturated rings. The van der Waals surface area contributed by atoms with Crippen molar-refractivity contribution in [1.82, 2.24) is 5.32 Å². The van der Waals surface area contributed by atoms with Crippen LogP contribution in [0.3, 0.4) is 0 Å². The second-order valence-electron chi connectivity index (χ2n) is 15.5. The zero-order chi connectivity index (χ0) is 42.3. The lowest BCUT2D eigenvalue weighted by atomic mass is 9.99. The molecule has 1 rings (SSSR count). The van der Waals surface area contributed by atoms with E-state index < -0.39 is 49.5 Å². The van der Waals surface area contributed by atoms with Crippen LogP contribution in [-0.4, -0.2) is 87.5 Å². The van der Waals surface area contributed by atoms with Crippen LogP contribution in [0.15, 0.2) is 85.1 Å². The van der Waals surface area contributed by atoms with E-state index in [4.69, 9.17) is 9.47 Å². The van der Waals surface area contributed by atoms with Crippen LogP contribution < -0.4 is 5.32 Å². The predicted octanol–water partition coefficient (Wildman–Crippen LogP) is 9.55. The molecule has 0 radical (unpaired) electrons. The third-order valence-corrected chi connectivity index (χ3v) is 10.2. The summed E-state index contributed by atoms with van der Waals surface area (Å²) in [6.45, 7) is 3.55. The molecule has 0 aromatic rings. The van der Waals surface area contributed by atoms with Crippen LogP contribution in [0.4, 0.5) is 0 Å². The van der Waals surface area contributed by atoms with Crippen molar-refractivity contribution in [2.24, 2.45) is 0 Å². The number of hydrogen-bond acceptors (Lipinski definition) is 8. The molecule has 7 unspecified atom stereocenters. The van der Waals surface area contributed by atoms with Crippen molar-refractivity contribution in [3.05, 3.63) is 85.1 Å². The van der Waals surface area contributed by atoms with Crippen molar-refractivity contribution in [2.75, 3.05) is 13.2 Å². The molecule has 58 heavy (non-hydrogen) atoms. The Hall–Kier alpha value is -2.63. The van der Waals surface area contributed by atoms with E-state index in [1.165, 1.54) is 38.5 Å². The molecule has 9 nitrogen and oxygen atoms in total. The fourth-order valence-corrected chi connectivity index (χ4v) is 6.57. The average molecular weight is 814 g/mol. The first-order valence-electron chi connectivity index (χ1n) is 22.8. The summed E-state index contributed by atoms with van der Waals surface area (Å²) in [6, 6.07) is -0.808. The smallest absolute Gasteiger partial charge is 0.220 e. The number of carbonyl (C=O) groups is 1. The van der Waals surface area contributed by atoms with Gasteiger partial charge in [0.1, 0.15) is 24.4 Å². The third kappa shape index (κ3) is 28.7. The summed E-state index contributed by atoms with van der Waals surface area (Å²) >= 11 is 0. The number of nitrogens with one attached hydrogen (secondary N) is 1. The summed E-state index contributed by atoms with van der Waals surface area (Å²) < 4.78 is 11.1. The number of amides is 1. The van der Waals surface area contributed by atoms with Gasteiger partial charge in [0.25, 0.3) is 0 Å². The number of rotatable bonds is 36. The molecule has 1 saturated heterocycles. The van der Waals surface area contributed by atoms with E-state index in [1.54, 1.807) is 6.08 Å². The van der Waals surface area contributed by atoms with Crippen LogP contribution in [0.1, 0.15) is 162 Å². The second-order valence-corrected chi connectivity index (χ2v) is 15.5. The number of aliphatic hydroxyl groups excluding tert-OH is 5. The fourth-order valence-electron chi connectivity index (χ4n) is 6.57. The minimum absolute atomic E-state index is 0.193. The van der Waals surface area contributed by atoms with Crippen molar-refractivity contribution in [1.29, 1.82) is 0 Å². The van der Waals surface area contributed by atoms with Crippen LogP contribution in [0.5, 0.6) is 0 Å². The highest BCUT2D eigenvalue weighted by Gasteiger charge is 2.44. The lowest BCUT2D eigenvalue weighted by Gasteiger charge is -2.40. The SMILES string of the molecule is CC/C=C\C/C=C\C/C=C\C/C=C\C/C=C\C/C=C\CCCCCCCCCCCCC(=O)NC(COC1OC(CO)C(O)C(O)C1O)C(O)/C=C/CCCCCC. The Morgan fingerprint density at radius 1 is 0.603 bits per heavy atom. The third-order valence-electron chi connectivity index (χ3n) is 10.2. The van der Waals surface area contributed by atoms with Crippen LogP contribution in [0.2, 0.25) is 0 Å². The number of unbranched alkanes of at least 4 members (excludes halogenated alkanes) is 14. The first kappa shape index (κ1) is 53.4. The van der Waals surface area contributed by atoms with E-state index in [0.29, 0.717) is 6.42 Å². The van der Waals surface area contributed by atoms with Gasteiger partial charge in [-0.1, -0.05) is 170 Å². The summed E-state index contributed by atoms with van der Waals surface area (Å²) in [4.78, 5) is 12.9. The minimum atomic E-state index is -1.57. The van der Waals surface area contributed by atoms with Gasteiger partial charge < -0.3 is 40.3 Å². The Morgan fingerprint density at radius 3 is 1.59 bits per heavy atom. The van der Waals surface area contributed by atoms with Crippen molar-refractivity contribution >= 4 is 5.91 Å². The van der Waals surface area contributed by atoms with Crippen molar-refractivity contribution in [3.63, 3.8) is 0 Å². The van der Waals surface area contributed by atoms with E-state index in [2.05, 4.69) is 92.1 Å². The fraction of sp³-hybridized carbons (Fsp3) is 0.694. The number of carbonyl (C=O) groups excluding carboxylic acids is 1. The van der Waals surface area contributed by atoms with Gasteiger partial charge in [0.05, 0.1) is 25.4 Å². The van der Waals surface area contributed by atoms with Crippen molar-refractivity contribution < 1.29 is 39.8 Å². The Kier molecular flexibility index (Phi) is 35.5. The van der Waals surface area contributed by atoms with E-state index >= 15 is 0 Å². The zero-order valence-electron chi connectivity index (χ0n) is 36.3. The molecule has 0 spiro atoms. The largest absolute Gasteiger partial charge is 0.394 e. The van der Waals surface area contributed by atoms with Crippen LogP contribution >= 0.6 is 0 Å². The number of ether oxygens (including phenoxy) is 2. The molecule has 0 saturated carbocycles. The molecular weight excluding hydrogens is 731 g/mol. The summed E-state index contributed by atoms with van der Waals surface area (Å²) in [5.74, 6) is -0.193. The molecule has 1 amide bonds. The summed E-state index contributed by atoms with van der Waals surface area (Å²) in [7, 11) is 0. The van der Waals surface area contributed by atoms with E-state index in [9.17, 15) is 30.3 Å². The molecule has 9 heteroatoms. The minimum Gasteiger partial charge on any atom is -0.394 e. The van der Waals surface area contributed by atoms with E-state index in [1.807, 2.05) is 6.08 Å². The highest BCUT2D eigenvalue weighted by atomic mass is 16.7. The molecule has 7 atom stereocenters. The van der Waals surface area contributed by atoms with Gasteiger partial charge in [0, 0.05) is 6.42 Å². The van der Waals surface area contributed by atoms with E-state index in [0.717, 1.165) is 103 Å². The Balaban J connectivity index is 2.16. The van der Waals surface area contributed by atoms with Gasteiger partial charge in [0.15, 0.2) is 6.29 Å². The second kappa shape index (κ2) is 38.6. The van der Waals surface area contributed by atoms with Gasteiger partial charge in [-0.3, -0.25) is 4.79 Å². The lowest BCUT2D eigenvalue weighted by Crippen LogP contribution is -2.60. The predicted molar refractivity (Wildman–Crippen MR) is 239 cm³/mol. The van der Waals surface area contributed by atoms with Crippen LogP contribution in [-0.2, 0) is 14.3 Å². The highest BCUT2D eigenvalue weighted by Crippen LogP contribution is 2.22. The lowest BCUT2D eigenvalue weighted by molar-refractivity contribution is -0.302. The molecule has 6 N–H and O–H groups in total. The molecule has 0 bridgehead atoms. The number of hydrogen-bond donors (Lipinski definition) is 6.